The van der Waals surface area contributed by atoms with Gasteiger partial charge in [-0.05, 0) is 36.6 Å². The minimum atomic E-state index is -1.17. The molecule has 1 atom stereocenters. The van der Waals surface area contributed by atoms with Crippen LogP contribution in [-0.2, 0) is 11.2 Å². The van der Waals surface area contributed by atoms with Gasteiger partial charge in [-0.15, -0.1) is 0 Å². The maximum Gasteiger partial charge on any atom is 0.221 e. The van der Waals surface area contributed by atoms with Crippen molar-refractivity contribution in [3.8, 4) is 6.07 Å². The summed E-state index contributed by atoms with van der Waals surface area (Å²) in [5.41, 5.74) is 0.866. The van der Waals surface area contributed by atoms with Crippen molar-refractivity contribution in [2.24, 2.45) is 0 Å². The Morgan fingerprint density at radius 3 is 2.56 bits per heavy atom. The lowest BCUT2D eigenvalue weighted by molar-refractivity contribution is -0.121. The van der Waals surface area contributed by atoms with Crippen LogP contribution in [0.25, 0.3) is 0 Å². The second-order valence-corrected chi connectivity index (χ2v) is 6.21. The second-order valence-electron chi connectivity index (χ2n) is 5.40. The molecule has 130 valence electrons. The number of carbonyl (C=O) groups is 1. The highest BCUT2D eigenvalue weighted by atomic mass is 35.5. The second kappa shape index (κ2) is 8.80. The predicted molar refractivity (Wildman–Crippen MR) is 92.3 cm³/mol. The van der Waals surface area contributed by atoms with Crippen LogP contribution in [0.15, 0.2) is 36.4 Å². The first-order valence-electron chi connectivity index (χ1n) is 7.48. The third-order valence-electron chi connectivity index (χ3n) is 3.56. The van der Waals surface area contributed by atoms with Gasteiger partial charge >= 0.3 is 0 Å². The summed E-state index contributed by atoms with van der Waals surface area (Å²) < 4.78 is 26.6. The highest BCUT2D eigenvalue weighted by Crippen LogP contribution is 2.23. The molecule has 0 bridgehead atoms. The van der Waals surface area contributed by atoms with Gasteiger partial charge in [-0.3, -0.25) is 4.79 Å². The number of amides is 1. The molecular weight excluding hydrogens is 369 g/mol. The molecule has 7 heteroatoms. The number of rotatable bonds is 6. The van der Waals surface area contributed by atoms with E-state index in [-0.39, 0.29) is 12.0 Å². The van der Waals surface area contributed by atoms with Crippen LogP contribution in [-0.4, -0.2) is 5.91 Å². The Labute approximate surface area is 154 Å². The normalized spacial score (nSPS) is 11.6. The number of carbonyl (C=O) groups excluding carboxylic acids is 1. The van der Waals surface area contributed by atoms with E-state index in [0.717, 1.165) is 17.7 Å². The number of hydrogen-bond donors (Lipinski definition) is 1. The Balaban J connectivity index is 1.90. The summed E-state index contributed by atoms with van der Waals surface area (Å²) >= 11 is 11.8. The van der Waals surface area contributed by atoms with E-state index in [1.165, 1.54) is 0 Å². The molecule has 0 aliphatic rings. The lowest BCUT2D eigenvalue weighted by Gasteiger charge is -2.13. The predicted octanol–water partition coefficient (Wildman–Crippen LogP) is 4.98. The molecule has 1 N–H and O–H groups in total. The number of nitrogens with one attached hydrogen (secondary N) is 1. The van der Waals surface area contributed by atoms with Crippen molar-refractivity contribution in [3.63, 3.8) is 0 Å². The summed E-state index contributed by atoms with van der Waals surface area (Å²) in [7, 11) is 0. The quantitative estimate of drug-likeness (QED) is 0.765. The molecule has 1 amide bonds. The van der Waals surface area contributed by atoms with E-state index in [4.69, 9.17) is 28.5 Å². The first kappa shape index (κ1) is 19.2. The highest BCUT2D eigenvalue weighted by molar-refractivity contribution is 6.42. The van der Waals surface area contributed by atoms with Gasteiger partial charge in [0.05, 0.1) is 16.1 Å². The summed E-state index contributed by atoms with van der Waals surface area (Å²) in [6, 6.07) is 8.73. The number of hydrogen-bond acceptors (Lipinski definition) is 2. The van der Waals surface area contributed by atoms with Crippen molar-refractivity contribution in [1.29, 1.82) is 5.26 Å². The Bertz CT molecular complexity index is 821. The summed E-state index contributed by atoms with van der Waals surface area (Å²) in [6.07, 6.45) is 1.28. The van der Waals surface area contributed by atoms with E-state index in [2.05, 4.69) is 5.32 Å². The SMILES string of the molecule is N#CC(NC(=O)CCCc1ccc(Cl)c(Cl)c1)c1ccc(F)cc1F. The molecule has 3 nitrogen and oxygen atoms in total. The molecule has 0 saturated heterocycles. The van der Waals surface area contributed by atoms with Gasteiger partial charge in [0, 0.05) is 18.1 Å². The standard InChI is InChI=1S/C18H14Cl2F2N2O/c19-14-7-4-11(8-15(14)20)2-1-3-18(25)24-17(10-23)13-6-5-12(21)9-16(13)22/h4-9,17H,1-3H2,(H,24,25). The number of benzene rings is 2. The zero-order valence-corrected chi connectivity index (χ0v) is 14.5. The molecule has 0 spiro atoms. The molecule has 1 unspecified atom stereocenters. The van der Waals surface area contributed by atoms with E-state index in [1.807, 2.05) is 6.07 Å². The van der Waals surface area contributed by atoms with Crippen LogP contribution in [0.2, 0.25) is 10.0 Å². The lowest BCUT2D eigenvalue weighted by Crippen LogP contribution is -2.28. The van der Waals surface area contributed by atoms with Crippen LogP contribution in [0, 0.1) is 23.0 Å². The fraction of sp³-hybridized carbons (Fsp3) is 0.222. The van der Waals surface area contributed by atoms with Gasteiger partial charge in [0.2, 0.25) is 5.91 Å². The van der Waals surface area contributed by atoms with Gasteiger partial charge in [-0.1, -0.05) is 35.3 Å². The molecule has 0 aliphatic heterocycles. The van der Waals surface area contributed by atoms with E-state index < -0.39 is 23.6 Å². The molecule has 0 aromatic heterocycles. The molecule has 0 radical (unpaired) electrons. The molecule has 0 fully saturated rings. The van der Waals surface area contributed by atoms with Gasteiger partial charge in [0.15, 0.2) is 0 Å². The largest absolute Gasteiger partial charge is 0.337 e. The van der Waals surface area contributed by atoms with Crippen LogP contribution in [0.4, 0.5) is 8.78 Å². The minimum Gasteiger partial charge on any atom is -0.337 e. The lowest BCUT2D eigenvalue weighted by atomic mass is 10.1. The van der Waals surface area contributed by atoms with Crippen molar-refractivity contribution in [2.75, 3.05) is 0 Å². The van der Waals surface area contributed by atoms with Crippen LogP contribution in [0.1, 0.15) is 30.0 Å². The fourth-order valence-corrected chi connectivity index (χ4v) is 2.62. The third kappa shape index (κ3) is 5.42. The number of nitriles is 1. The zero-order valence-electron chi connectivity index (χ0n) is 13.0. The molecule has 25 heavy (non-hydrogen) atoms. The summed E-state index contributed by atoms with van der Waals surface area (Å²) in [6.45, 7) is 0. The van der Waals surface area contributed by atoms with Gasteiger partial charge in [0.1, 0.15) is 17.7 Å². The maximum absolute atomic E-state index is 13.7. The summed E-state index contributed by atoms with van der Waals surface area (Å²) in [5.74, 6) is -2.01. The van der Waals surface area contributed by atoms with Gasteiger partial charge in [-0.25, -0.2) is 8.78 Å². The van der Waals surface area contributed by atoms with Crippen LogP contribution in [0.5, 0.6) is 0 Å². The highest BCUT2D eigenvalue weighted by Gasteiger charge is 2.18. The first-order valence-corrected chi connectivity index (χ1v) is 8.24. The van der Waals surface area contributed by atoms with Crippen molar-refractivity contribution in [1.82, 2.24) is 5.32 Å². The van der Waals surface area contributed by atoms with Gasteiger partial charge < -0.3 is 5.32 Å². The maximum atomic E-state index is 13.7. The van der Waals surface area contributed by atoms with Gasteiger partial charge in [0.25, 0.3) is 0 Å². The number of halogens is 4. The fourth-order valence-electron chi connectivity index (χ4n) is 2.30. The van der Waals surface area contributed by atoms with Crippen LogP contribution < -0.4 is 5.32 Å². The zero-order chi connectivity index (χ0) is 18.4. The van der Waals surface area contributed by atoms with E-state index >= 15 is 0 Å². The molecule has 2 aromatic rings. The number of aryl methyl sites for hydroxylation is 1. The average Bonchev–Trinajstić information content (AvgIpc) is 2.56. The molecular formula is C18H14Cl2F2N2O. The molecule has 2 aromatic carbocycles. The van der Waals surface area contributed by atoms with Crippen molar-refractivity contribution < 1.29 is 13.6 Å². The Hall–Kier alpha value is -2.16. The summed E-state index contributed by atoms with van der Waals surface area (Å²) in [5, 5.41) is 12.5. The van der Waals surface area contributed by atoms with Gasteiger partial charge in [-0.2, -0.15) is 5.26 Å². The molecule has 0 saturated carbocycles. The third-order valence-corrected chi connectivity index (χ3v) is 4.30. The number of nitrogens with zero attached hydrogens (tertiary/aromatic N) is 1. The van der Waals surface area contributed by atoms with Crippen molar-refractivity contribution >= 4 is 29.1 Å². The topological polar surface area (TPSA) is 52.9 Å². The molecule has 2 rings (SSSR count). The van der Waals surface area contributed by atoms with Crippen molar-refractivity contribution in [3.05, 3.63) is 69.2 Å². The first-order chi connectivity index (χ1) is 11.9. The Morgan fingerprint density at radius 1 is 1.16 bits per heavy atom. The van der Waals surface area contributed by atoms with E-state index in [0.29, 0.717) is 29.0 Å². The van der Waals surface area contributed by atoms with Crippen LogP contribution >= 0.6 is 23.2 Å². The Kier molecular flexibility index (Phi) is 6.74. The molecule has 0 heterocycles. The van der Waals surface area contributed by atoms with E-state index in [9.17, 15) is 13.6 Å². The average molecular weight is 383 g/mol. The van der Waals surface area contributed by atoms with Crippen LogP contribution in [0.3, 0.4) is 0 Å². The monoisotopic (exact) mass is 382 g/mol. The smallest absolute Gasteiger partial charge is 0.221 e. The summed E-state index contributed by atoms with van der Waals surface area (Å²) in [4.78, 5) is 12.0. The van der Waals surface area contributed by atoms with E-state index in [1.54, 1.807) is 18.2 Å². The minimum absolute atomic E-state index is 0.0678. The molecule has 0 aliphatic carbocycles. The Morgan fingerprint density at radius 2 is 1.92 bits per heavy atom. The van der Waals surface area contributed by atoms with Crippen molar-refractivity contribution in [2.45, 2.75) is 25.3 Å².